The topological polar surface area (TPSA) is 158 Å². The Morgan fingerprint density at radius 3 is 1.43 bits per heavy atom. The van der Waals surface area contributed by atoms with Gasteiger partial charge in [0.15, 0.2) is 0 Å². The normalized spacial score (nSPS) is 13.0. The molecule has 0 bridgehead atoms. The van der Waals surface area contributed by atoms with Crippen molar-refractivity contribution in [3.63, 3.8) is 0 Å². The van der Waals surface area contributed by atoms with Crippen LogP contribution in [0.3, 0.4) is 0 Å². The van der Waals surface area contributed by atoms with E-state index in [4.69, 9.17) is 18.9 Å². The van der Waals surface area contributed by atoms with E-state index >= 15 is 0 Å². The number of hydrogen-bond acceptors (Lipinski definition) is 9. The van der Waals surface area contributed by atoms with Gasteiger partial charge in [0.1, 0.15) is 23.3 Å². The van der Waals surface area contributed by atoms with Gasteiger partial charge in [-0.2, -0.15) is 0 Å². The van der Waals surface area contributed by atoms with Crippen molar-refractivity contribution in [2.45, 2.75) is 110 Å². The van der Waals surface area contributed by atoms with E-state index in [9.17, 15) is 24.0 Å². The zero-order chi connectivity index (χ0) is 28.6. The molecular formula is C25H45N3O9. The van der Waals surface area contributed by atoms with Crippen LogP contribution in [-0.2, 0) is 33.3 Å². The summed E-state index contributed by atoms with van der Waals surface area (Å²) < 4.78 is 19.8. The third kappa shape index (κ3) is 17.9. The molecule has 0 aliphatic heterocycles. The molecule has 0 saturated carbocycles. The fourth-order valence-electron chi connectivity index (χ4n) is 3.11. The summed E-state index contributed by atoms with van der Waals surface area (Å²) in [6.45, 7) is 10.7. The molecule has 3 amide bonds. The zero-order valence-corrected chi connectivity index (χ0v) is 23.5. The molecule has 0 radical (unpaired) electrons. The highest BCUT2D eigenvalue weighted by molar-refractivity contribution is 5.82. The maximum Gasteiger partial charge on any atom is 0.408 e. The second-order valence-corrected chi connectivity index (χ2v) is 10.5. The molecule has 0 aromatic heterocycles. The number of nitrogens with one attached hydrogen (secondary N) is 3. The number of carbonyl (C=O) groups is 5. The van der Waals surface area contributed by atoms with Gasteiger partial charge in [-0.3, -0.25) is 4.79 Å². The third-order valence-electron chi connectivity index (χ3n) is 4.74. The Kier molecular flexibility index (Phi) is 15.3. The molecule has 0 heterocycles. The van der Waals surface area contributed by atoms with Gasteiger partial charge in [-0.1, -0.05) is 6.42 Å². The van der Waals surface area contributed by atoms with E-state index in [0.717, 1.165) is 0 Å². The number of esters is 2. The Hall–Kier alpha value is -3.05. The van der Waals surface area contributed by atoms with Crippen LogP contribution in [0.2, 0.25) is 0 Å². The summed E-state index contributed by atoms with van der Waals surface area (Å²) >= 11 is 0. The first-order chi connectivity index (χ1) is 17.1. The molecule has 37 heavy (non-hydrogen) atoms. The van der Waals surface area contributed by atoms with E-state index in [-0.39, 0.29) is 12.3 Å². The standard InChI is InChI=1S/C25H45N3O9/c1-24(2,3)36-22(32)27-17(20(30)34-7)13-9-10-15-19(29)26-16-12-11-14-18(21(31)35-8)28-23(33)37-25(4,5)6/h17-18H,9-16H2,1-8H3,(H,26,29)(H,27,32)(H,28,33)/t17-,18-/m0/s1. The fraction of sp³-hybridized carbons (Fsp3) is 0.800. The molecule has 0 aliphatic rings. The van der Waals surface area contributed by atoms with Gasteiger partial charge >= 0.3 is 24.1 Å². The average molecular weight is 532 g/mol. The van der Waals surface area contributed by atoms with Crippen LogP contribution in [-0.4, -0.2) is 74.1 Å². The van der Waals surface area contributed by atoms with Gasteiger partial charge in [-0.05, 0) is 73.6 Å². The molecule has 0 fully saturated rings. The van der Waals surface area contributed by atoms with Crippen LogP contribution < -0.4 is 16.0 Å². The van der Waals surface area contributed by atoms with E-state index < -0.39 is 47.4 Å². The van der Waals surface area contributed by atoms with Gasteiger partial charge in [0.2, 0.25) is 5.91 Å². The van der Waals surface area contributed by atoms with Crippen molar-refractivity contribution in [2.24, 2.45) is 0 Å². The second-order valence-electron chi connectivity index (χ2n) is 10.5. The molecule has 12 heteroatoms. The Morgan fingerprint density at radius 2 is 1.05 bits per heavy atom. The zero-order valence-electron chi connectivity index (χ0n) is 23.5. The van der Waals surface area contributed by atoms with Crippen LogP contribution in [0.4, 0.5) is 9.59 Å². The Labute approximate surface area is 219 Å². The molecule has 0 aromatic carbocycles. The number of unbranched alkanes of at least 4 members (excludes halogenated alkanes) is 2. The molecule has 0 saturated heterocycles. The number of rotatable bonds is 14. The van der Waals surface area contributed by atoms with Gasteiger partial charge < -0.3 is 34.9 Å². The van der Waals surface area contributed by atoms with Crippen LogP contribution in [0.5, 0.6) is 0 Å². The molecule has 0 rings (SSSR count). The van der Waals surface area contributed by atoms with Crippen molar-refractivity contribution < 1.29 is 42.9 Å². The monoisotopic (exact) mass is 531 g/mol. The lowest BCUT2D eigenvalue weighted by Crippen LogP contribution is -2.44. The molecule has 0 spiro atoms. The van der Waals surface area contributed by atoms with E-state index in [0.29, 0.717) is 45.1 Å². The maximum absolute atomic E-state index is 12.1. The van der Waals surface area contributed by atoms with Crippen LogP contribution in [0.25, 0.3) is 0 Å². The highest BCUT2D eigenvalue weighted by Gasteiger charge is 2.26. The fourth-order valence-corrected chi connectivity index (χ4v) is 3.11. The molecular weight excluding hydrogens is 486 g/mol. The van der Waals surface area contributed by atoms with Crippen molar-refractivity contribution in [1.29, 1.82) is 0 Å². The summed E-state index contributed by atoms with van der Waals surface area (Å²) in [5, 5.41) is 7.82. The van der Waals surface area contributed by atoms with E-state index in [2.05, 4.69) is 16.0 Å². The Bertz CT molecular complexity index is 757. The van der Waals surface area contributed by atoms with E-state index in [1.165, 1.54) is 14.2 Å². The van der Waals surface area contributed by atoms with Crippen molar-refractivity contribution in [3.05, 3.63) is 0 Å². The van der Waals surface area contributed by atoms with Gasteiger partial charge in [0, 0.05) is 13.0 Å². The van der Waals surface area contributed by atoms with Crippen LogP contribution in [0.15, 0.2) is 0 Å². The second kappa shape index (κ2) is 16.6. The van der Waals surface area contributed by atoms with Crippen molar-refractivity contribution in [1.82, 2.24) is 16.0 Å². The predicted octanol–water partition coefficient (Wildman–Crippen LogP) is 2.97. The molecule has 3 N–H and O–H groups in total. The van der Waals surface area contributed by atoms with Gasteiger partial charge in [0.05, 0.1) is 14.2 Å². The van der Waals surface area contributed by atoms with E-state index in [1.807, 2.05) is 0 Å². The van der Waals surface area contributed by atoms with Crippen LogP contribution in [0, 0.1) is 0 Å². The number of alkyl carbamates (subject to hydrolysis) is 2. The molecule has 12 nitrogen and oxygen atoms in total. The average Bonchev–Trinajstić information content (AvgIpc) is 2.76. The first-order valence-corrected chi connectivity index (χ1v) is 12.5. The minimum atomic E-state index is -0.861. The summed E-state index contributed by atoms with van der Waals surface area (Å²) in [4.78, 5) is 59.9. The minimum absolute atomic E-state index is 0.147. The first kappa shape index (κ1) is 34.0. The molecule has 214 valence electrons. The minimum Gasteiger partial charge on any atom is -0.467 e. The van der Waals surface area contributed by atoms with Crippen LogP contribution >= 0.6 is 0 Å². The molecule has 0 unspecified atom stereocenters. The van der Waals surface area contributed by atoms with Crippen molar-refractivity contribution in [3.8, 4) is 0 Å². The summed E-state index contributed by atoms with van der Waals surface area (Å²) in [7, 11) is 2.48. The quantitative estimate of drug-likeness (QED) is 0.174. The molecule has 0 aliphatic carbocycles. The number of carbonyl (C=O) groups excluding carboxylic acids is 5. The van der Waals surface area contributed by atoms with Crippen molar-refractivity contribution in [2.75, 3.05) is 20.8 Å². The lowest BCUT2D eigenvalue weighted by molar-refractivity contribution is -0.144. The summed E-state index contributed by atoms with van der Waals surface area (Å²) in [6.07, 6.45) is 1.67. The number of hydrogen-bond donors (Lipinski definition) is 3. The van der Waals surface area contributed by atoms with E-state index in [1.54, 1.807) is 41.5 Å². The first-order valence-electron chi connectivity index (χ1n) is 12.5. The lowest BCUT2D eigenvalue weighted by Gasteiger charge is -2.22. The van der Waals surface area contributed by atoms with Crippen molar-refractivity contribution >= 4 is 30.0 Å². The number of ether oxygens (including phenoxy) is 4. The van der Waals surface area contributed by atoms with Gasteiger partial charge in [-0.15, -0.1) is 0 Å². The SMILES string of the molecule is COC(=O)[C@H](CCCCNC(=O)CCCC[C@H](NC(=O)OC(C)(C)C)C(=O)OC)NC(=O)OC(C)(C)C. The van der Waals surface area contributed by atoms with Crippen LogP contribution in [0.1, 0.15) is 86.5 Å². The molecule has 2 atom stereocenters. The summed E-state index contributed by atoms with van der Waals surface area (Å²) in [6, 6.07) is -1.70. The smallest absolute Gasteiger partial charge is 0.408 e. The largest absolute Gasteiger partial charge is 0.467 e. The Morgan fingerprint density at radius 1 is 0.649 bits per heavy atom. The molecule has 0 aromatic rings. The Balaban J connectivity index is 4.31. The highest BCUT2D eigenvalue weighted by atomic mass is 16.6. The summed E-state index contributed by atoms with van der Waals surface area (Å²) in [5.41, 5.74) is -1.39. The predicted molar refractivity (Wildman–Crippen MR) is 136 cm³/mol. The lowest BCUT2D eigenvalue weighted by atomic mass is 10.1. The maximum atomic E-state index is 12.1. The van der Waals surface area contributed by atoms with Gasteiger partial charge in [0.25, 0.3) is 0 Å². The number of amides is 3. The third-order valence-corrected chi connectivity index (χ3v) is 4.74. The number of methoxy groups -OCH3 is 2. The summed E-state index contributed by atoms with van der Waals surface area (Å²) in [5.74, 6) is -1.30. The highest BCUT2D eigenvalue weighted by Crippen LogP contribution is 2.11. The van der Waals surface area contributed by atoms with Gasteiger partial charge in [-0.25, -0.2) is 19.2 Å².